The molecule has 0 amide bonds. The van der Waals surface area contributed by atoms with Crippen LogP contribution in [0, 0.1) is 0 Å². The average molecular weight is 179 g/mol. The lowest BCUT2D eigenvalue weighted by Crippen LogP contribution is -2.33. The maximum absolute atomic E-state index is 4.25. The first kappa shape index (κ1) is 9.84. The zero-order valence-electron chi connectivity index (χ0n) is 8.52. The van der Waals surface area contributed by atoms with Crippen molar-refractivity contribution in [3.63, 3.8) is 0 Å². The molecule has 0 atom stereocenters. The second-order valence-corrected chi connectivity index (χ2v) is 2.88. The topological polar surface area (TPSA) is 36.4 Å². The molecule has 1 aliphatic heterocycles. The van der Waals surface area contributed by atoms with Crippen molar-refractivity contribution in [2.45, 2.75) is 26.7 Å². The van der Waals surface area contributed by atoms with E-state index < -0.39 is 0 Å². The van der Waals surface area contributed by atoms with Crippen LogP contribution in [0.1, 0.15) is 26.7 Å². The Balaban J connectivity index is 2.97. The Morgan fingerprint density at radius 3 is 2.77 bits per heavy atom. The summed E-state index contributed by atoms with van der Waals surface area (Å²) in [5, 5.41) is 0. The summed E-state index contributed by atoms with van der Waals surface area (Å²) in [5.41, 5.74) is 9.67. The van der Waals surface area contributed by atoms with Gasteiger partial charge < -0.3 is 5.43 Å². The lowest BCUT2D eigenvalue weighted by molar-refractivity contribution is 0.725. The molecule has 0 aliphatic carbocycles. The average Bonchev–Trinajstić information content (AvgIpc) is 2.20. The minimum atomic E-state index is 0.956. The molecule has 3 heteroatoms. The highest BCUT2D eigenvalue weighted by Crippen LogP contribution is 2.13. The van der Waals surface area contributed by atoms with E-state index in [1.165, 1.54) is 5.57 Å². The van der Waals surface area contributed by atoms with Gasteiger partial charge in [0, 0.05) is 13.2 Å². The van der Waals surface area contributed by atoms with Gasteiger partial charge in [0.05, 0.1) is 11.4 Å². The van der Waals surface area contributed by atoms with Gasteiger partial charge in [0.25, 0.3) is 0 Å². The SMILES string of the molecule is CCC(=NC)C1=C(CC)C=CNN1. The second kappa shape index (κ2) is 4.70. The first-order valence-corrected chi connectivity index (χ1v) is 4.70. The van der Waals surface area contributed by atoms with Crippen LogP contribution in [0.2, 0.25) is 0 Å². The molecule has 0 aromatic rings. The van der Waals surface area contributed by atoms with E-state index in [2.05, 4.69) is 35.8 Å². The molecule has 0 aromatic carbocycles. The van der Waals surface area contributed by atoms with Crippen molar-refractivity contribution in [2.24, 2.45) is 4.99 Å². The summed E-state index contributed by atoms with van der Waals surface area (Å²) in [6.07, 6.45) is 5.98. The van der Waals surface area contributed by atoms with Gasteiger partial charge in [-0.2, -0.15) is 0 Å². The standard InChI is InChI=1S/C10H17N3/c1-4-8-6-7-12-13-10(8)9(5-2)11-3/h6-7,12-13H,4-5H2,1-3H3. The van der Waals surface area contributed by atoms with Crippen molar-refractivity contribution in [3.8, 4) is 0 Å². The molecule has 0 aromatic heterocycles. The molecule has 0 bridgehead atoms. The molecular formula is C10H17N3. The van der Waals surface area contributed by atoms with Gasteiger partial charge in [0.1, 0.15) is 0 Å². The summed E-state index contributed by atoms with van der Waals surface area (Å²) in [5.74, 6) is 0. The smallest absolute Gasteiger partial charge is 0.0782 e. The van der Waals surface area contributed by atoms with Gasteiger partial charge in [-0.1, -0.05) is 13.8 Å². The molecule has 2 N–H and O–H groups in total. The van der Waals surface area contributed by atoms with E-state index in [1.54, 1.807) is 0 Å². The van der Waals surface area contributed by atoms with Crippen molar-refractivity contribution in [2.75, 3.05) is 7.05 Å². The van der Waals surface area contributed by atoms with E-state index in [4.69, 9.17) is 0 Å². The summed E-state index contributed by atoms with van der Waals surface area (Å²) in [7, 11) is 1.83. The Kier molecular flexibility index (Phi) is 3.55. The molecule has 0 saturated carbocycles. The van der Waals surface area contributed by atoms with Crippen LogP contribution in [0.5, 0.6) is 0 Å². The fourth-order valence-electron chi connectivity index (χ4n) is 1.42. The van der Waals surface area contributed by atoms with Crippen molar-refractivity contribution in [1.29, 1.82) is 0 Å². The van der Waals surface area contributed by atoms with Crippen LogP contribution in [-0.4, -0.2) is 12.8 Å². The third-order valence-corrected chi connectivity index (χ3v) is 2.16. The van der Waals surface area contributed by atoms with E-state index in [0.29, 0.717) is 0 Å². The lowest BCUT2D eigenvalue weighted by Gasteiger charge is -2.19. The first-order chi connectivity index (χ1) is 6.33. The third kappa shape index (κ3) is 2.11. The highest BCUT2D eigenvalue weighted by Gasteiger charge is 2.10. The molecule has 0 unspecified atom stereocenters. The fourth-order valence-corrected chi connectivity index (χ4v) is 1.42. The molecule has 3 nitrogen and oxygen atoms in total. The summed E-state index contributed by atoms with van der Waals surface area (Å²) in [6, 6.07) is 0. The predicted octanol–water partition coefficient (Wildman–Crippen LogP) is 1.75. The normalized spacial score (nSPS) is 17.0. The van der Waals surface area contributed by atoms with Gasteiger partial charge in [-0.05, 0) is 24.5 Å². The molecule has 0 radical (unpaired) electrons. The molecule has 0 fully saturated rings. The van der Waals surface area contributed by atoms with Crippen LogP contribution in [0.3, 0.4) is 0 Å². The largest absolute Gasteiger partial charge is 0.308 e. The summed E-state index contributed by atoms with van der Waals surface area (Å²) >= 11 is 0. The monoisotopic (exact) mass is 179 g/mol. The summed E-state index contributed by atoms with van der Waals surface area (Å²) in [4.78, 5) is 4.25. The Bertz CT molecular complexity index is 261. The van der Waals surface area contributed by atoms with E-state index >= 15 is 0 Å². The third-order valence-electron chi connectivity index (χ3n) is 2.16. The van der Waals surface area contributed by atoms with Crippen LogP contribution >= 0.6 is 0 Å². The molecule has 13 heavy (non-hydrogen) atoms. The molecule has 0 spiro atoms. The van der Waals surface area contributed by atoms with Crippen molar-refractivity contribution >= 4 is 5.71 Å². The minimum absolute atomic E-state index is 0.956. The number of aliphatic imine (C=N–C) groups is 1. The Hall–Kier alpha value is -1.25. The first-order valence-electron chi connectivity index (χ1n) is 4.70. The lowest BCUT2D eigenvalue weighted by atomic mass is 10.1. The van der Waals surface area contributed by atoms with Crippen molar-refractivity contribution in [3.05, 3.63) is 23.5 Å². The fraction of sp³-hybridized carbons (Fsp3) is 0.500. The zero-order valence-corrected chi connectivity index (χ0v) is 8.52. The molecular weight excluding hydrogens is 162 g/mol. The number of allylic oxidation sites excluding steroid dienone is 3. The number of hydrogen-bond donors (Lipinski definition) is 2. The number of nitrogens with zero attached hydrogens (tertiary/aromatic N) is 1. The van der Waals surface area contributed by atoms with Gasteiger partial charge >= 0.3 is 0 Å². The van der Waals surface area contributed by atoms with Crippen LogP contribution in [-0.2, 0) is 0 Å². The Labute approximate surface area is 79.6 Å². The van der Waals surface area contributed by atoms with E-state index in [0.717, 1.165) is 24.3 Å². The quantitative estimate of drug-likeness (QED) is 0.648. The highest BCUT2D eigenvalue weighted by atomic mass is 15.4. The molecule has 72 valence electrons. The molecule has 1 aliphatic rings. The van der Waals surface area contributed by atoms with E-state index in [1.807, 2.05) is 13.2 Å². The van der Waals surface area contributed by atoms with Crippen LogP contribution in [0.15, 0.2) is 28.5 Å². The van der Waals surface area contributed by atoms with Gasteiger partial charge in [0.2, 0.25) is 0 Å². The van der Waals surface area contributed by atoms with Gasteiger partial charge in [0.15, 0.2) is 0 Å². The minimum Gasteiger partial charge on any atom is -0.308 e. The molecule has 0 saturated heterocycles. The van der Waals surface area contributed by atoms with Crippen molar-refractivity contribution < 1.29 is 0 Å². The van der Waals surface area contributed by atoms with Crippen LogP contribution < -0.4 is 10.9 Å². The van der Waals surface area contributed by atoms with Gasteiger partial charge in [-0.15, -0.1) is 0 Å². The second-order valence-electron chi connectivity index (χ2n) is 2.88. The zero-order chi connectivity index (χ0) is 9.68. The van der Waals surface area contributed by atoms with E-state index in [9.17, 15) is 0 Å². The summed E-state index contributed by atoms with van der Waals surface area (Å²) in [6.45, 7) is 4.26. The number of rotatable bonds is 3. The Morgan fingerprint density at radius 1 is 1.46 bits per heavy atom. The number of hydrazine groups is 1. The molecule has 1 heterocycles. The maximum atomic E-state index is 4.25. The number of hydrogen-bond acceptors (Lipinski definition) is 3. The van der Waals surface area contributed by atoms with Gasteiger partial charge in [-0.3, -0.25) is 10.4 Å². The van der Waals surface area contributed by atoms with Crippen molar-refractivity contribution in [1.82, 2.24) is 10.9 Å². The highest BCUT2D eigenvalue weighted by molar-refractivity contribution is 6.00. The van der Waals surface area contributed by atoms with Gasteiger partial charge in [-0.25, -0.2) is 0 Å². The van der Waals surface area contributed by atoms with Crippen LogP contribution in [0.25, 0.3) is 0 Å². The summed E-state index contributed by atoms with van der Waals surface area (Å²) < 4.78 is 0. The number of nitrogens with one attached hydrogen (secondary N) is 2. The van der Waals surface area contributed by atoms with Crippen LogP contribution in [0.4, 0.5) is 0 Å². The molecule has 1 rings (SSSR count). The predicted molar refractivity (Wildman–Crippen MR) is 56.4 cm³/mol. The Morgan fingerprint density at radius 2 is 2.23 bits per heavy atom. The van der Waals surface area contributed by atoms with E-state index in [-0.39, 0.29) is 0 Å². The maximum Gasteiger partial charge on any atom is 0.0782 e.